The maximum atomic E-state index is 13.7. The van der Waals surface area contributed by atoms with Gasteiger partial charge in [0.15, 0.2) is 0 Å². The predicted molar refractivity (Wildman–Crippen MR) is 83.6 cm³/mol. The molecule has 0 aliphatic heterocycles. The molecule has 27 heavy (non-hydrogen) atoms. The third-order valence-electron chi connectivity index (χ3n) is 3.12. The van der Waals surface area contributed by atoms with Gasteiger partial charge in [-0.05, 0) is 41.6 Å². The molecule has 3 rings (SSSR count). The Labute approximate surface area is 149 Å². The number of sulfonamides is 1. The van der Waals surface area contributed by atoms with E-state index in [1.54, 1.807) is 0 Å². The summed E-state index contributed by atoms with van der Waals surface area (Å²) in [6.07, 6.45) is -4.90. The number of aromatic nitrogens is 2. The molecular weight excluding hydrogens is 394 g/mol. The van der Waals surface area contributed by atoms with Gasteiger partial charge in [-0.15, -0.1) is 13.2 Å². The van der Waals surface area contributed by atoms with Gasteiger partial charge < -0.3 is 9.26 Å². The number of nitrogens with zero attached hydrogens (tertiary/aromatic N) is 2. The van der Waals surface area contributed by atoms with Crippen molar-refractivity contribution in [3.8, 4) is 17.2 Å². The fourth-order valence-corrected chi connectivity index (χ4v) is 2.94. The molecule has 0 saturated carbocycles. The Kier molecular flexibility index (Phi) is 4.74. The molecule has 0 amide bonds. The zero-order chi connectivity index (χ0) is 19.7. The second-order valence-electron chi connectivity index (χ2n) is 5.03. The third-order valence-corrected chi connectivity index (χ3v) is 4.47. The molecule has 1 heterocycles. The lowest BCUT2D eigenvalue weighted by Crippen LogP contribution is -2.17. The molecule has 0 aliphatic carbocycles. The minimum atomic E-state index is -4.90. The van der Waals surface area contributed by atoms with Gasteiger partial charge in [0.25, 0.3) is 21.9 Å². The maximum Gasteiger partial charge on any atom is 0.573 e. The maximum absolute atomic E-state index is 13.7. The zero-order valence-corrected chi connectivity index (χ0v) is 13.9. The molecule has 7 nitrogen and oxygen atoms in total. The summed E-state index contributed by atoms with van der Waals surface area (Å²) >= 11 is 0. The average Bonchev–Trinajstić information content (AvgIpc) is 3.02. The van der Waals surface area contributed by atoms with E-state index in [9.17, 15) is 26.0 Å². The SMILES string of the molecule is O=S(=O)(Nc1noc(-c2ccccc2F)n1)c1ccc(OC(F)(F)F)cc1. The van der Waals surface area contributed by atoms with Gasteiger partial charge in [-0.2, -0.15) is 4.98 Å². The number of benzene rings is 2. The number of hydrogen-bond donors (Lipinski definition) is 1. The molecule has 0 bridgehead atoms. The first kappa shape index (κ1) is 18.6. The molecule has 0 saturated heterocycles. The molecule has 2 aromatic carbocycles. The average molecular weight is 403 g/mol. The second kappa shape index (κ2) is 6.87. The second-order valence-corrected chi connectivity index (χ2v) is 6.71. The lowest BCUT2D eigenvalue weighted by Gasteiger charge is -2.09. The van der Waals surface area contributed by atoms with Crippen LogP contribution in [-0.4, -0.2) is 24.9 Å². The van der Waals surface area contributed by atoms with E-state index in [2.05, 4.69) is 14.9 Å². The van der Waals surface area contributed by atoms with E-state index in [4.69, 9.17) is 4.52 Å². The van der Waals surface area contributed by atoms with Gasteiger partial charge >= 0.3 is 6.36 Å². The van der Waals surface area contributed by atoms with Crippen LogP contribution in [0.4, 0.5) is 23.5 Å². The summed E-state index contributed by atoms with van der Waals surface area (Å²) in [4.78, 5) is 3.37. The van der Waals surface area contributed by atoms with Gasteiger partial charge in [0, 0.05) is 0 Å². The van der Waals surface area contributed by atoms with E-state index in [-0.39, 0.29) is 16.3 Å². The number of ether oxygens (including phenoxy) is 1. The standard InChI is InChI=1S/C15H9F4N3O4S/c16-12-4-2-1-3-11(12)13-20-14(21-26-13)22-27(23,24)10-7-5-9(6-8-10)25-15(17,18)19/h1-8H,(H,21,22). The largest absolute Gasteiger partial charge is 0.573 e. The van der Waals surface area contributed by atoms with Crippen LogP contribution < -0.4 is 9.46 Å². The summed E-state index contributed by atoms with van der Waals surface area (Å²) in [7, 11) is -4.22. The van der Waals surface area contributed by atoms with E-state index in [1.807, 2.05) is 4.72 Å². The minimum Gasteiger partial charge on any atom is -0.406 e. The first-order chi connectivity index (χ1) is 12.6. The highest BCUT2D eigenvalue weighted by Gasteiger charge is 2.31. The first-order valence-electron chi connectivity index (χ1n) is 7.11. The van der Waals surface area contributed by atoms with Crippen LogP contribution in [0, 0.1) is 5.82 Å². The highest BCUT2D eigenvalue weighted by molar-refractivity contribution is 7.92. The summed E-state index contributed by atoms with van der Waals surface area (Å²) in [6, 6.07) is 8.98. The van der Waals surface area contributed by atoms with E-state index in [0.717, 1.165) is 30.3 Å². The minimum absolute atomic E-state index is 0.0240. The number of hydrogen-bond acceptors (Lipinski definition) is 6. The Hall–Kier alpha value is -3.15. The summed E-state index contributed by atoms with van der Waals surface area (Å²) in [5, 5.41) is 3.39. The molecule has 0 fully saturated rings. The number of nitrogens with one attached hydrogen (secondary N) is 1. The number of anilines is 1. The Bertz CT molecular complexity index is 1050. The van der Waals surface area contributed by atoms with Crippen molar-refractivity contribution >= 4 is 16.0 Å². The highest BCUT2D eigenvalue weighted by atomic mass is 32.2. The Balaban J connectivity index is 1.78. The van der Waals surface area contributed by atoms with Crippen LogP contribution in [0.2, 0.25) is 0 Å². The van der Waals surface area contributed by atoms with Crippen molar-refractivity contribution in [2.75, 3.05) is 4.72 Å². The predicted octanol–water partition coefficient (Wildman–Crippen LogP) is 3.58. The Morgan fingerprint density at radius 3 is 2.33 bits per heavy atom. The molecule has 1 N–H and O–H groups in total. The van der Waals surface area contributed by atoms with Crippen molar-refractivity contribution in [3.05, 3.63) is 54.3 Å². The lowest BCUT2D eigenvalue weighted by atomic mass is 10.2. The topological polar surface area (TPSA) is 94.3 Å². The molecule has 12 heteroatoms. The summed E-state index contributed by atoms with van der Waals surface area (Å²) in [5.74, 6) is -1.94. The quantitative estimate of drug-likeness (QED) is 0.655. The fraction of sp³-hybridized carbons (Fsp3) is 0.0667. The van der Waals surface area contributed by atoms with Gasteiger partial charge in [-0.25, -0.2) is 17.5 Å². The van der Waals surface area contributed by atoms with E-state index >= 15 is 0 Å². The van der Waals surface area contributed by atoms with Gasteiger partial charge in [0.1, 0.15) is 11.6 Å². The normalized spacial score (nSPS) is 12.0. The van der Waals surface area contributed by atoms with Crippen molar-refractivity contribution in [1.82, 2.24) is 10.1 Å². The van der Waals surface area contributed by atoms with E-state index in [1.165, 1.54) is 18.2 Å². The fourth-order valence-electron chi connectivity index (χ4n) is 2.01. The van der Waals surface area contributed by atoms with Crippen LogP contribution in [0.15, 0.2) is 57.9 Å². The highest BCUT2D eigenvalue weighted by Crippen LogP contribution is 2.25. The van der Waals surface area contributed by atoms with Crippen LogP contribution in [0.5, 0.6) is 5.75 Å². The molecule has 3 aromatic rings. The van der Waals surface area contributed by atoms with Crippen molar-refractivity contribution in [2.45, 2.75) is 11.3 Å². The summed E-state index contributed by atoms with van der Waals surface area (Å²) in [5.41, 5.74) is -0.0240. The molecule has 142 valence electrons. The molecule has 0 atom stereocenters. The van der Waals surface area contributed by atoms with E-state index < -0.39 is 33.9 Å². The van der Waals surface area contributed by atoms with Crippen LogP contribution in [-0.2, 0) is 10.0 Å². The van der Waals surface area contributed by atoms with Crippen molar-refractivity contribution < 1.29 is 35.2 Å². The van der Waals surface area contributed by atoms with Crippen LogP contribution in [0.1, 0.15) is 0 Å². The molecule has 1 aromatic heterocycles. The number of halogens is 4. The van der Waals surface area contributed by atoms with Gasteiger partial charge in [0.2, 0.25) is 0 Å². The molecule has 0 radical (unpaired) electrons. The molecule has 0 aliphatic rings. The van der Waals surface area contributed by atoms with Crippen molar-refractivity contribution in [3.63, 3.8) is 0 Å². The lowest BCUT2D eigenvalue weighted by molar-refractivity contribution is -0.274. The van der Waals surface area contributed by atoms with Crippen LogP contribution in [0.25, 0.3) is 11.5 Å². The van der Waals surface area contributed by atoms with Gasteiger partial charge in [-0.3, -0.25) is 0 Å². The Morgan fingerprint density at radius 2 is 1.70 bits per heavy atom. The molecular formula is C15H9F4N3O4S. The van der Waals surface area contributed by atoms with Crippen LogP contribution >= 0.6 is 0 Å². The van der Waals surface area contributed by atoms with Gasteiger partial charge in [0.05, 0.1) is 10.5 Å². The van der Waals surface area contributed by atoms with Gasteiger partial charge in [-0.1, -0.05) is 12.1 Å². The summed E-state index contributed by atoms with van der Waals surface area (Å²) in [6.45, 7) is 0. The van der Waals surface area contributed by atoms with Crippen molar-refractivity contribution in [1.29, 1.82) is 0 Å². The molecule has 0 unspecified atom stereocenters. The monoisotopic (exact) mass is 403 g/mol. The van der Waals surface area contributed by atoms with E-state index in [0.29, 0.717) is 0 Å². The van der Waals surface area contributed by atoms with Crippen LogP contribution in [0.3, 0.4) is 0 Å². The van der Waals surface area contributed by atoms with Crippen molar-refractivity contribution in [2.24, 2.45) is 0 Å². The first-order valence-corrected chi connectivity index (χ1v) is 8.60. The molecule has 0 spiro atoms. The summed E-state index contributed by atoms with van der Waals surface area (Å²) < 4.78 is 85.0. The Morgan fingerprint density at radius 1 is 1.04 bits per heavy atom. The number of rotatable bonds is 5. The third kappa shape index (κ3) is 4.53. The number of alkyl halides is 3. The zero-order valence-electron chi connectivity index (χ0n) is 13.1. The smallest absolute Gasteiger partial charge is 0.406 e.